The van der Waals surface area contributed by atoms with Crippen LogP contribution in [0, 0.1) is 6.92 Å². The molecule has 0 aliphatic carbocycles. The molecule has 2 aromatic heterocycles. The summed E-state index contributed by atoms with van der Waals surface area (Å²) in [6, 6.07) is 7.58. The lowest BCUT2D eigenvalue weighted by molar-refractivity contribution is -0.128. The standard InChI is InChI=1S/C23H25N5O2/c1-16-5-7-21(11-19(16)14-27(3)17(2)29)26-23(30)8-6-18-12-24-10-9-22(18)20-13-25-28(4)15-20/h5-13,15H,14H2,1-4H3,(H,26,30)/b8-6+. The van der Waals surface area contributed by atoms with Crippen molar-refractivity contribution in [3.8, 4) is 11.1 Å². The minimum atomic E-state index is -0.245. The van der Waals surface area contributed by atoms with E-state index in [4.69, 9.17) is 0 Å². The Morgan fingerprint density at radius 3 is 2.73 bits per heavy atom. The highest BCUT2D eigenvalue weighted by Gasteiger charge is 2.09. The van der Waals surface area contributed by atoms with Gasteiger partial charge in [-0.2, -0.15) is 5.10 Å². The van der Waals surface area contributed by atoms with Gasteiger partial charge in [0.15, 0.2) is 0 Å². The van der Waals surface area contributed by atoms with Crippen LogP contribution >= 0.6 is 0 Å². The summed E-state index contributed by atoms with van der Waals surface area (Å²) in [5, 5.41) is 7.08. The van der Waals surface area contributed by atoms with Gasteiger partial charge in [-0.15, -0.1) is 0 Å². The van der Waals surface area contributed by atoms with Crippen molar-refractivity contribution in [1.82, 2.24) is 19.7 Å². The van der Waals surface area contributed by atoms with E-state index in [1.54, 1.807) is 41.3 Å². The van der Waals surface area contributed by atoms with Crippen LogP contribution in [0.3, 0.4) is 0 Å². The molecular formula is C23H25N5O2. The Balaban J connectivity index is 1.74. The number of nitrogens with zero attached hydrogens (tertiary/aromatic N) is 4. The molecule has 2 amide bonds. The molecule has 0 bridgehead atoms. The van der Waals surface area contributed by atoms with Gasteiger partial charge in [0.05, 0.1) is 6.20 Å². The maximum Gasteiger partial charge on any atom is 0.248 e. The van der Waals surface area contributed by atoms with Crippen LogP contribution in [0.25, 0.3) is 17.2 Å². The van der Waals surface area contributed by atoms with Gasteiger partial charge in [-0.25, -0.2) is 0 Å². The van der Waals surface area contributed by atoms with Crippen molar-refractivity contribution in [2.24, 2.45) is 7.05 Å². The van der Waals surface area contributed by atoms with E-state index in [0.29, 0.717) is 12.2 Å². The molecule has 3 aromatic rings. The highest BCUT2D eigenvalue weighted by molar-refractivity contribution is 6.02. The predicted molar refractivity (Wildman–Crippen MR) is 117 cm³/mol. The van der Waals surface area contributed by atoms with Crippen molar-refractivity contribution in [3.05, 3.63) is 71.8 Å². The Bertz CT molecular complexity index is 1100. The summed E-state index contributed by atoms with van der Waals surface area (Å²) in [4.78, 5) is 29.8. The summed E-state index contributed by atoms with van der Waals surface area (Å²) in [5.41, 5.74) is 5.47. The highest BCUT2D eigenvalue weighted by atomic mass is 16.2. The minimum Gasteiger partial charge on any atom is -0.342 e. The molecule has 0 aliphatic heterocycles. The molecule has 30 heavy (non-hydrogen) atoms. The number of carbonyl (C=O) groups is 2. The zero-order valence-electron chi connectivity index (χ0n) is 17.6. The highest BCUT2D eigenvalue weighted by Crippen LogP contribution is 2.23. The molecule has 0 aliphatic rings. The third-order valence-electron chi connectivity index (χ3n) is 4.84. The van der Waals surface area contributed by atoms with Crippen LogP contribution < -0.4 is 5.32 Å². The van der Waals surface area contributed by atoms with Gasteiger partial charge in [0.25, 0.3) is 0 Å². The number of hydrogen-bond acceptors (Lipinski definition) is 4. The monoisotopic (exact) mass is 403 g/mol. The van der Waals surface area contributed by atoms with Crippen molar-refractivity contribution < 1.29 is 9.59 Å². The second kappa shape index (κ2) is 9.17. The molecule has 7 nitrogen and oxygen atoms in total. The molecule has 1 aromatic carbocycles. The van der Waals surface area contributed by atoms with Gasteiger partial charge >= 0.3 is 0 Å². The van der Waals surface area contributed by atoms with Crippen molar-refractivity contribution in [2.45, 2.75) is 20.4 Å². The van der Waals surface area contributed by atoms with E-state index in [-0.39, 0.29) is 11.8 Å². The van der Waals surface area contributed by atoms with Crippen LogP contribution in [-0.4, -0.2) is 38.5 Å². The number of rotatable bonds is 6. The van der Waals surface area contributed by atoms with Crippen LogP contribution in [0.2, 0.25) is 0 Å². The van der Waals surface area contributed by atoms with Crippen LogP contribution in [-0.2, 0) is 23.2 Å². The molecule has 0 atom stereocenters. The molecule has 0 unspecified atom stereocenters. The van der Waals surface area contributed by atoms with E-state index in [1.807, 2.05) is 44.4 Å². The molecule has 3 rings (SSSR count). The second-order valence-electron chi connectivity index (χ2n) is 7.20. The molecule has 1 N–H and O–H groups in total. The summed E-state index contributed by atoms with van der Waals surface area (Å²) in [7, 11) is 3.61. The quantitative estimate of drug-likeness (QED) is 0.640. The van der Waals surface area contributed by atoms with E-state index in [0.717, 1.165) is 27.8 Å². The molecule has 0 saturated heterocycles. The van der Waals surface area contributed by atoms with Gasteiger partial charge in [0.1, 0.15) is 0 Å². The Hall–Kier alpha value is -3.74. The Morgan fingerprint density at radius 2 is 2.03 bits per heavy atom. The van der Waals surface area contributed by atoms with Crippen LogP contribution in [0.4, 0.5) is 5.69 Å². The summed E-state index contributed by atoms with van der Waals surface area (Å²) in [5.74, 6) is -0.252. The van der Waals surface area contributed by atoms with Gasteiger partial charge in [0.2, 0.25) is 11.8 Å². The maximum absolute atomic E-state index is 12.5. The fraction of sp³-hybridized carbons (Fsp3) is 0.217. The molecular weight excluding hydrogens is 378 g/mol. The largest absolute Gasteiger partial charge is 0.342 e. The van der Waals surface area contributed by atoms with Gasteiger partial charge in [-0.05, 0) is 47.9 Å². The van der Waals surface area contributed by atoms with E-state index >= 15 is 0 Å². The van der Waals surface area contributed by atoms with Crippen molar-refractivity contribution in [3.63, 3.8) is 0 Å². The zero-order valence-corrected chi connectivity index (χ0v) is 17.6. The lowest BCUT2D eigenvalue weighted by Crippen LogP contribution is -2.23. The smallest absolute Gasteiger partial charge is 0.248 e. The number of pyridine rings is 1. The zero-order chi connectivity index (χ0) is 21.7. The molecule has 0 radical (unpaired) electrons. The molecule has 0 fully saturated rings. The number of anilines is 1. The lowest BCUT2D eigenvalue weighted by Gasteiger charge is -2.17. The van der Waals surface area contributed by atoms with E-state index in [1.165, 1.54) is 13.0 Å². The minimum absolute atomic E-state index is 0.00679. The summed E-state index contributed by atoms with van der Waals surface area (Å²) in [6.07, 6.45) is 10.3. The van der Waals surface area contributed by atoms with Gasteiger partial charge in [-0.3, -0.25) is 19.3 Å². The average molecular weight is 403 g/mol. The third kappa shape index (κ3) is 5.20. The van der Waals surface area contributed by atoms with Crippen molar-refractivity contribution in [2.75, 3.05) is 12.4 Å². The molecule has 0 spiro atoms. The fourth-order valence-electron chi connectivity index (χ4n) is 3.00. The number of hydrogen-bond donors (Lipinski definition) is 1. The first-order valence-corrected chi connectivity index (χ1v) is 9.57. The van der Waals surface area contributed by atoms with E-state index in [9.17, 15) is 9.59 Å². The van der Waals surface area contributed by atoms with Crippen LogP contribution in [0.15, 0.2) is 55.1 Å². The van der Waals surface area contributed by atoms with E-state index in [2.05, 4.69) is 15.4 Å². The molecule has 2 heterocycles. The Kier molecular flexibility index (Phi) is 6.41. The second-order valence-corrected chi connectivity index (χ2v) is 7.20. The average Bonchev–Trinajstić information content (AvgIpc) is 3.15. The molecule has 154 valence electrons. The maximum atomic E-state index is 12.5. The Labute approximate surface area is 176 Å². The summed E-state index contributed by atoms with van der Waals surface area (Å²) >= 11 is 0. The van der Waals surface area contributed by atoms with Crippen LogP contribution in [0.5, 0.6) is 0 Å². The first-order chi connectivity index (χ1) is 14.3. The number of aromatic nitrogens is 3. The normalized spacial score (nSPS) is 10.9. The first-order valence-electron chi connectivity index (χ1n) is 9.57. The van der Waals surface area contributed by atoms with Crippen molar-refractivity contribution >= 4 is 23.6 Å². The molecule has 0 saturated carbocycles. The molecule has 7 heteroatoms. The Morgan fingerprint density at radius 1 is 1.23 bits per heavy atom. The summed E-state index contributed by atoms with van der Waals surface area (Å²) in [6.45, 7) is 4.01. The van der Waals surface area contributed by atoms with Gasteiger partial charge in [-0.1, -0.05) is 6.07 Å². The predicted octanol–water partition coefficient (Wildman–Crippen LogP) is 3.42. The lowest BCUT2D eigenvalue weighted by atomic mass is 10.0. The van der Waals surface area contributed by atoms with E-state index < -0.39 is 0 Å². The van der Waals surface area contributed by atoms with Crippen LogP contribution in [0.1, 0.15) is 23.6 Å². The van der Waals surface area contributed by atoms with Gasteiger partial charge in [0, 0.05) is 69.0 Å². The number of aryl methyl sites for hydroxylation is 2. The first kappa shape index (κ1) is 21.0. The number of amides is 2. The van der Waals surface area contributed by atoms with Gasteiger partial charge < -0.3 is 10.2 Å². The van der Waals surface area contributed by atoms with Crippen molar-refractivity contribution in [1.29, 1.82) is 0 Å². The fourth-order valence-corrected chi connectivity index (χ4v) is 3.00. The number of nitrogens with one attached hydrogen (secondary N) is 1. The number of benzene rings is 1. The third-order valence-corrected chi connectivity index (χ3v) is 4.84. The SMILES string of the molecule is CC(=O)N(C)Cc1cc(NC(=O)/C=C/c2cnccc2-c2cnn(C)c2)ccc1C. The summed E-state index contributed by atoms with van der Waals surface area (Å²) < 4.78 is 1.73. The topological polar surface area (TPSA) is 80.1 Å². The number of carbonyl (C=O) groups excluding carboxylic acids is 2.